The Morgan fingerprint density at radius 3 is 2.58 bits per heavy atom. The van der Waals surface area contributed by atoms with Crippen LogP contribution in [0.4, 0.5) is 0 Å². The Hall–Kier alpha value is -1.56. The third-order valence-corrected chi connectivity index (χ3v) is 4.28. The summed E-state index contributed by atoms with van der Waals surface area (Å²) in [4.78, 5) is 14.3. The van der Waals surface area contributed by atoms with Crippen molar-refractivity contribution in [3.8, 4) is 5.75 Å². The lowest BCUT2D eigenvalue weighted by Gasteiger charge is -2.11. The minimum atomic E-state index is -0.171. The van der Waals surface area contributed by atoms with E-state index in [4.69, 9.17) is 16.3 Å². The molecule has 0 atom stereocenters. The smallest absolute Gasteiger partial charge is 0.252 e. The van der Waals surface area contributed by atoms with E-state index in [-0.39, 0.29) is 5.91 Å². The Bertz CT molecular complexity index is 690. The number of hydrogen-bond donors (Lipinski definition) is 1. The van der Waals surface area contributed by atoms with E-state index in [0.717, 1.165) is 17.9 Å². The van der Waals surface area contributed by atoms with Gasteiger partial charge < -0.3 is 15.0 Å². The van der Waals surface area contributed by atoms with Gasteiger partial charge in [-0.3, -0.25) is 4.79 Å². The summed E-state index contributed by atoms with van der Waals surface area (Å²) in [7, 11) is 4.01. The van der Waals surface area contributed by atoms with Gasteiger partial charge >= 0.3 is 0 Å². The number of halogens is 2. The van der Waals surface area contributed by atoms with Crippen LogP contribution in [0, 0.1) is 0 Å². The van der Waals surface area contributed by atoms with Crippen LogP contribution in [0.3, 0.4) is 0 Å². The van der Waals surface area contributed by atoms with Gasteiger partial charge in [-0.25, -0.2) is 0 Å². The van der Waals surface area contributed by atoms with Crippen molar-refractivity contribution < 1.29 is 9.53 Å². The van der Waals surface area contributed by atoms with Crippen LogP contribution >= 0.6 is 27.5 Å². The molecule has 2 aromatic rings. The minimum Gasteiger partial charge on any atom is -0.492 e. The van der Waals surface area contributed by atoms with Gasteiger partial charge in [0.05, 0.1) is 5.56 Å². The molecule has 2 aromatic carbocycles. The van der Waals surface area contributed by atoms with Crippen molar-refractivity contribution in [1.82, 2.24) is 10.2 Å². The molecule has 0 bridgehead atoms. The Morgan fingerprint density at radius 1 is 1.21 bits per heavy atom. The fourth-order valence-electron chi connectivity index (χ4n) is 2.00. The Morgan fingerprint density at radius 2 is 1.92 bits per heavy atom. The normalized spacial score (nSPS) is 10.7. The third kappa shape index (κ3) is 5.82. The predicted molar refractivity (Wildman–Crippen MR) is 101 cm³/mol. The molecule has 0 unspecified atom stereocenters. The van der Waals surface area contributed by atoms with Crippen LogP contribution in [0.1, 0.15) is 15.9 Å². The molecule has 0 heterocycles. The summed E-state index contributed by atoms with van der Waals surface area (Å²) in [6, 6.07) is 12.8. The summed E-state index contributed by atoms with van der Waals surface area (Å²) in [5, 5.41) is 3.42. The van der Waals surface area contributed by atoms with E-state index in [2.05, 4.69) is 26.1 Å². The summed E-state index contributed by atoms with van der Waals surface area (Å²) >= 11 is 9.30. The van der Waals surface area contributed by atoms with Crippen LogP contribution in [-0.4, -0.2) is 38.1 Å². The Labute approximate surface area is 155 Å². The lowest BCUT2D eigenvalue weighted by atomic mass is 10.2. The predicted octanol–water partition coefficient (Wildman–Crippen LogP) is 3.97. The summed E-state index contributed by atoms with van der Waals surface area (Å²) in [5.74, 6) is 0.653. The molecule has 1 amide bonds. The minimum absolute atomic E-state index is 0.171. The largest absolute Gasteiger partial charge is 0.492 e. The zero-order chi connectivity index (χ0) is 17.5. The number of likely N-dealkylation sites (N-methyl/N-ethyl adjacent to an activating group) is 1. The van der Waals surface area contributed by atoms with Gasteiger partial charge in [-0.05, 0) is 65.9 Å². The summed E-state index contributed by atoms with van der Waals surface area (Å²) in [5.41, 5.74) is 1.52. The summed E-state index contributed by atoms with van der Waals surface area (Å²) < 4.78 is 6.36. The number of nitrogens with zero attached hydrogens (tertiary/aromatic N) is 1. The monoisotopic (exact) mass is 410 g/mol. The van der Waals surface area contributed by atoms with Crippen LogP contribution in [0.5, 0.6) is 5.75 Å². The van der Waals surface area contributed by atoms with Crippen molar-refractivity contribution in [2.24, 2.45) is 0 Å². The molecule has 0 aliphatic rings. The average Bonchev–Trinajstić information content (AvgIpc) is 2.55. The van der Waals surface area contributed by atoms with E-state index in [1.807, 2.05) is 38.4 Å². The van der Waals surface area contributed by atoms with Gasteiger partial charge in [0, 0.05) is 22.6 Å². The van der Waals surface area contributed by atoms with Crippen LogP contribution in [-0.2, 0) is 6.54 Å². The first-order chi connectivity index (χ1) is 11.5. The van der Waals surface area contributed by atoms with Gasteiger partial charge in [0.15, 0.2) is 0 Å². The van der Waals surface area contributed by atoms with Gasteiger partial charge in [-0.15, -0.1) is 0 Å². The number of amides is 1. The molecule has 0 saturated carbocycles. The molecule has 0 saturated heterocycles. The van der Waals surface area contributed by atoms with Gasteiger partial charge in [0.1, 0.15) is 12.4 Å². The van der Waals surface area contributed by atoms with E-state index < -0.39 is 0 Å². The number of hydrogen-bond acceptors (Lipinski definition) is 3. The molecule has 0 aliphatic heterocycles. The number of carbonyl (C=O) groups is 1. The second-order valence-corrected chi connectivity index (χ2v) is 6.89. The fourth-order valence-corrected chi connectivity index (χ4v) is 2.60. The zero-order valence-corrected chi connectivity index (χ0v) is 16.0. The van der Waals surface area contributed by atoms with E-state index in [1.54, 1.807) is 18.2 Å². The van der Waals surface area contributed by atoms with E-state index in [9.17, 15) is 4.79 Å². The summed E-state index contributed by atoms with van der Waals surface area (Å²) in [6.07, 6.45) is 0. The maximum atomic E-state index is 12.2. The number of benzene rings is 2. The average molecular weight is 412 g/mol. The van der Waals surface area contributed by atoms with Crippen molar-refractivity contribution in [2.45, 2.75) is 6.54 Å². The number of rotatable bonds is 7. The zero-order valence-electron chi connectivity index (χ0n) is 13.7. The molecule has 24 heavy (non-hydrogen) atoms. The molecule has 0 fully saturated rings. The summed E-state index contributed by atoms with van der Waals surface area (Å²) in [6.45, 7) is 1.95. The Balaban J connectivity index is 1.87. The number of ether oxygens (including phenoxy) is 1. The van der Waals surface area contributed by atoms with Gasteiger partial charge in [0.25, 0.3) is 5.91 Å². The van der Waals surface area contributed by atoms with Crippen molar-refractivity contribution >= 4 is 33.4 Å². The molecule has 0 radical (unpaired) electrons. The highest BCUT2D eigenvalue weighted by Gasteiger charge is 2.10. The van der Waals surface area contributed by atoms with Gasteiger partial charge in [-0.2, -0.15) is 0 Å². The fraction of sp³-hybridized carbons (Fsp3) is 0.278. The first-order valence-electron chi connectivity index (χ1n) is 7.55. The first-order valence-corrected chi connectivity index (χ1v) is 8.72. The first kappa shape index (κ1) is 18.8. The molecule has 6 heteroatoms. The molecule has 0 aliphatic carbocycles. The van der Waals surface area contributed by atoms with E-state index >= 15 is 0 Å². The number of nitrogens with one attached hydrogen (secondary N) is 1. The van der Waals surface area contributed by atoms with Crippen molar-refractivity contribution in [1.29, 1.82) is 0 Å². The van der Waals surface area contributed by atoms with Gasteiger partial charge in [-0.1, -0.05) is 23.7 Å². The SMILES string of the molecule is CN(C)CCOc1ccc(CNC(=O)c2cc(Cl)ccc2Br)cc1. The second kappa shape index (κ2) is 9.06. The Kier molecular flexibility index (Phi) is 7.09. The second-order valence-electron chi connectivity index (χ2n) is 5.60. The highest BCUT2D eigenvalue weighted by Crippen LogP contribution is 2.21. The highest BCUT2D eigenvalue weighted by molar-refractivity contribution is 9.10. The van der Waals surface area contributed by atoms with E-state index in [0.29, 0.717) is 28.2 Å². The van der Waals surface area contributed by atoms with Crippen LogP contribution in [0.2, 0.25) is 5.02 Å². The highest BCUT2D eigenvalue weighted by atomic mass is 79.9. The third-order valence-electron chi connectivity index (χ3n) is 3.36. The van der Waals surface area contributed by atoms with Crippen LogP contribution in [0.25, 0.3) is 0 Å². The maximum Gasteiger partial charge on any atom is 0.252 e. The van der Waals surface area contributed by atoms with Crippen LogP contribution in [0.15, 0.2) is 46.9 Å². The number of carbonyl (C=O) groups excluding carboxylic acids is 1. The van der Waals surface area contributed by atoms with Crippen molar-refractivity contribution in [2.75, 3.05) is 27.2 Å². The lowest BCUT2D eigenvalue weighted by Crippen LogP contribution is -2.23. The molecular weight excluding hydrogens is 392 g/mol. The molecular formula is C18H20BrClN2O2. The molecule has 128 valence electrons. The molecule has 0 spiro atoms. The molecule has 0 aromatic heterocycles. The van der Waals surface area contributed by atoms with E-state index in [1.165, 1.54) is 0 Å². The van der Waals surface area contributed by atoms with Crippen molar-refractivity contribution in [3.05, 3.63) is 63.1 Å². The maximum absolute atomic E-state index is 12.2. The van der Waals surface area contributed by atoms with Gasteiger partial charge in [0.2, 0.25) is 0 Å². The molecule has 4 nitrogen and oxygen atoms in total. The lowest BCUT2D eigenvalue weighted by molar-refractivity contribution is 0.0950. The topological polar surface area (TPSA) is 41.6 Å². The quantitative estimate of drug-likeness (QED) is 0.749. The molecule has 2 rings (SSSR count). The standard InChI is InChI=1S/C18H20BrClN2O2/c1-22(2)9-10-24-15-6-3-13(4-7-15)12-21-18(23)16-11-14(20)5-8-17(16)19/h3-8,11H,9-10,12H2,1-2H3,(H,21,23). The van der Waals surface area contributed by atoms with Crippen LogP contribution < -0.4 is 10.1 Å². The molecule has 1 N–H and O–H groups in total. The van der Waals surface area contributed by atoms with Crippen molar-refractivity contribution in [3.63, 3.8) is 0 Å².